The third-order valence-electron chi connectivity index (χ3n) is 3.95. The lowest BCUT2D eigenvalue weighted by atomic mass is 9.96. The number of nitrogens with zero attached hydrogens (tertiary/aromatic N) is 1. The summed E-state index contributed by atoms with van der Waals surface area (Å²) < 4.78 is 5.85. The third kappa shape index (κ3) is 3.63. The summed E-state index contributed by atoms with van der Waals surface area (Å²) in [5.74, 6) is 0.866. The molecule has 5 heteroatoms. The van der Waals surface area contributed by atoms with E-state index < -0.39 is 0 Å². The molecule has 2 N–H and O–H groups in total. The molecular weight excluding hydrogens is 365 g/mol. The van der Waals surface area contributed by atoms with E-state index in [1.807, 2.05) is 13.1 Å². The topological polar surface area (TPSA) is 45.7 Å². The second-order valence-electron chi connectivity index (χ2n) is 5.27. The van der Waals surface area contributed by atoms with Gasteiger partial charge in [0.05, 0.1) is 18.2 Å². The van der Waals surface area contributed by atoms with Crippen molar-refractivity contribution < 1.29 is 4.74 Å². The standard InChI is InChI=1S/C15H21N3O.HI/c1-16-15(17-10-11-5-3-2-4-6-11)18-13-9-12-7-8-14(13)19-12;/h2-6,12-14H,7-10H2,1H3,(H2,16,17,18);1H. The fourth-order valence-electron chi connectivity index (χ4n) is 2.94. The van der Waals surface area contributed by atoms with Gasteiger partial charge in [-0.3, -0.25) is 4.99 Å². The van der Waals surface area contributed by atoms with Gasteiger partial charge in [0, 0.05) is 13.6 Å². The van der Waals surface area contributed by atoms with Gasteiger partial charge in [-0.05, 0) is 24.8 Å². The van der Waals surface area contributed by atoms with Crippen LogP contribution in [0.25, 0.3) is 0 Å². The van der Waals surface area contributed by atoms with Crippen LogP contribution in [0.15, 0.2) is 35.3 Å². The maximum atomic E-state index is 5.85. The molecule has 3 unspecified atom stereocenters. The minimum absolute atomic E-state index is 0. The van der Waals surface area contributed by atoms with E-state index in [1.165, 1.54) is 18.4 Å². The van der Waals surface area contributed by atoms with Crippen LogP contribution in [0.2, 0.25) is 0 Å². The van der Waals surface area contributed by atoms with Crippen molar-refractivity contribution in [3.8, 4) is 0 Å². The fourth-order valence-corrected chi connectivity index (χ4v) is 2.94. The molecule has 110 valence electrons. The van der Waals surface area contributed by atoms with Gasteiger partial charge in [-0.15, -0.1) is 24.0 Å². The van der Waals surface area contributed by atoms with Crippen LogP contribution in [0.5, 0.6) is 0 Å². The summed E-state index contributed by atoms with van der Waals surface area (Å²) in [5, 5.41) is 6.84. The number of hydrogen-bond donors (Lipinski definition) is 2. The summed E-state index contributed by atoms with van der Waals surface area (Å²) in [6.45, 7) is 0.794. The van der Waals surface area contributed by atoms with Crippen molar-refractivity contribution in [2.45, 2.75) is 44.1 Å². The van der Waals surface area contributed by atoms with Crippen molar-refractivity contribution in [1.29, 1.82) is 0 Å². The van der Waals surface area contributed by atoms with E-state index >= 15 is 0 Å². The summed E-state index contributed by atoms with van der Waals surface area (Å²) in [7, 11) is 1.81. The Labute approximate surface area is 137 Å². The first kappa shape index (κ1) is 15.6. The van der Waals surface area contributed by atoms with Gasteiger partial charge < -0.3 is 15.4 Å². The minimum Gasteiger partial charge on any atom is -0.373 e. The zero-order valence-electron chi connectivity index (χ0n) is 11.7. The highest BCUT2D eigenvalue weighted by Gasteiger charge is 2.41. The van der Waals surface area contributed by atoms with Crippen LogP contribution in [0.1, 0.15) is 24.8 Å². The number of hydrogen-bond acceptors (Lipinski definition) is 2. The molecule has 2 fully saturated rings. The number of rotatable bonds is 3. The second-order valence-corrected chi connectivity index (χ2v) is 5.27. The summed E-state index contributed by atoms with van der Waals surface area (Å²) >= 11 is 0. The molecule has 0 spiro atoms. The van der Waals surface area contributed by atoms with E-state index in [1.54, 1.807) is 0 Å². The molecule has 2 aliphatic rings. The summed E-state index contributed by atoms with van der Waals surface area (Å²) in [4.78, 5) is 4.29. The number of halogens is 1. The molecule has 0 saturated carbocycles. The summed E-state index contributed by atoms with van der Waals surface area (Å²) in [6.07, 6.45) is 4.35. The minimum atomic E-state index is 0. The first-order valence-electron chi connectivity index (χ1n) is 7.02. The zero-order valence-corrected chi connectivity index (χ0v) is 14.0. The number of aliphatic imine (C=N–C) groups is 1. The molecule has 1 aromatic rings. The van der Waals surface area contributed by atoms with E-state index in [-0.39, 0.29) is 24.0 Å². The SMILES string of the molecule is CN=C(NCc1ccccc1)NC1CC2CCC1O2.I. The maximum absolute atomic E-state index is 5.85. The van der Waals surface area contributed by atoms with Crippen molar-refractivity contribution in [2.24, 2.45) is 4.99 Å². The monoisotopic (exact) mass is 387 g/mol. The van der Waals surface area contributed by atoms with E-state index in [0.717, 1.165) is 18.9 Å². The van der Waals surface area contributed by atoms with E-state index in [4.69, 9.17) is 4.74 Å². The van der Waals surface area contributed by atoms with Gasteiger partial charge in [0.1, 0.15) is 0 Å². The zero-order chi connectivity index (χ0) is 13.1. The molecule has 2 heterocycles. The van der Waals surface area contributed by atoms with Crippen LogP contribution in [0, 0.1) is 0 Å². The van der Waals surface area contributed by atoms with Gasteiger partial charge in [-0.1, -0.05) is 30.3 Å². The number of guanidine groups is 1. The number of ether oxygens (including phenoxy) is 1. The van der Waals surface area contributed by atoms with Crippen LogP contribution in [-0.2, 0) is 11.3 Å². The average Bonchev–Trinajstić information content (AvgIpc) is 3.07. The maximum Gasteiger partial charge on any atom is 0.191 e. The Morgan fingerprint density at radius 2 is 2.10 bits per heavy atom. The smallest absolute Gasteiger partial charge is 0.191 e. The molecule has 0 aliphatic carbocycles. The summed E-state index contributed by atoms with van der Waals surface area (Å²) in [5.41, 5.74) is 1.26. The predicted molar refractivity (Wildman–Crippen MR) is 91.5 cm³/mol. The Balaban J connectivity index is 0.00000147. The molecule has 0 radical (unpaired) electrons. The van der Waals surface area contributed by atoms with Gasteiger partial charge in [0.15, 0.2) is 5.96 Å². The molecule has 0 aromatic heterocycles. The number of nitrogens with one attached hydrogen (secondary N) is 2. The van der Waals surface area contributed by atoms with Crippen molar-refractivity contribution >= 4 is 29.9 Å². The average molecular weight is 387 g/mol. The molecule has 3 atom stereocenters. The highest BCUT2D eigenvalue weighted by Crippen LogP contribution is 2.34. The summed E-state index contributed by atoms with van der Waals surface area (Å²) in [6, 6.07) is 10.8. The Morgan fingerprint density at radius 1 is 1.30 bits per heavy atom. The second kappa shape index (κ2) is 7.26. The van der Waals surface area contributed by atoms with Crippen molar-refractivity contribution in [3.63, 3.8) is 0 Å². The third-order valence-corrected chi connectivity index (χ3v) is 3.95. The lowest BCUT2D eigenvalue weighted by Gasteiger charge is -2.22. The van der Waals surface area contributed by atoms with E-state index in [2.05, 4.69) is 39.9 Å². The first-order chi connectivity index (χ1) is 9.35. The van der Waals surface area contributed by atoms with Crippen LogP contribution in [0.4, 0.5) is 0 Å². The Hall–Kier alpha value is -0.820. The van der Waals surface area contributed by atoms with Crippen LogP contribution in [0.3, 0.4) is 0 Å². The van der Waals surface area contributed by atoms with Crippen molar-refractivity contribution in [3.05, 3.63) is 35.9 Å². The molecular formula is C15H22IN3O. The number of benzene rings is 1. The van der Waals surface area contributed by atoms with Gasteiger partial charge in [0.25, 0.3) is 0 Å². The molecule has 2 aliphatic heterocycles. The Kier molecular flexibility index (Phi) is 5.65. The molecule has 4 nitrogen and oxygen atoms in total. The van der Waals surface area contributed by atoms with Gasteiger partial charge in [-0.25, -0.2) is 0 Å². The highest BCUT2D eigenvalue weighted by atomic mass is 127. The molecule has 20 heavy (non-hydrogen) atoms. The molecule has 2 saturated heterocycles. The van der Waals surface area contributed by atoms with Crippen LogP contribution in [-0.4, -0.2) is 31.3 Å². The van der Waals surface area contributed by atoms with Gasteiger partial charge >= 0.3 is 0 Å². The first-order valence-corrected chi connectivity index (χ1v) is 7.02. The largest absolute Gasteiger partial charge is 0.373 e. The lowest BCUT2D eigenvalue weighted by Crippen LogP contribution is -2.47. The molecule has 3 rings (SSSR count). The molecule has 0 amide bonds. The lowest BCUT2D eigenvalue weighted by molar-refractivity contribution is 0.0992. The molecule has 2 bridgehead atoms. The van der Waals surface area contributed by atoms with E-state index in [9.17, 15) is 0 Å². The normalized spacial score (nSPS) is 28.1. The van der Waals surface area contributed by atoms with Crippen molar-refractivity contribution in [1.82, 2.24) is 10.6 Å². The van der Waals surface area contributed by atoms with Gasteiger partial charge in [-0.2, -0.15) is 0 Å². The quantitative estimate of drug-likeness (QED) is 0.475. The highest BCUT2D eigenvalue weighted by molar-refractivity contribution is 14.0. The predicted octanol–water partition coefficient (Wildman–Crippen LogP) is 2.29. The van der Waals surface area contributed by atoms with Gasteiger partial charge in [0.2, 0.25) is 0 Å². The van der Waals surface area contributed by atoms with Crippen LogP contribution >= 0.6 is 24.0 Å². The number of fused-ring (bicyclic) bond motifs is 2. The van der Waals surface area contributed by atoms with Crippen molar-refractivity contribution in [2.75, 3.05) is 7.05 Å². The Bertz CT molecular complexity index is 452. The Morgan fingerprint density at radius 3 is 2.70 bits per heavy atom. The van der Waals surface area contributed by atoms with E-state index in [0.29, 0.717) is 18.2 Å². The fraction of sp³-hybridized carbons (Fsp3) is 0.533. The van der Waals surface area contributed by atoms with Crippen LogP contribution < -0.4 is 10.6 Å². The molecule has 1 aromatic carbocycles.